The van der Waals surface area contributed by atoms with E-state index < -0.39 is 0 Å². The van der Waals surface area contributed by atoms with Gasteiger partial charge in [0.25, 0.3) is 5.91 Å². The number of carbonyl (C=O) groups is 1. The number of pyridine rings is 2. The van der Waals surface area contributed by atoms with Gasteiger partial charge >= 0.3 is 0 Å². The number of piperidine rings is 1. The second-order valence-electron chi connectivity index (χ2n) is 8.56. The number of hydrogen-bond acceptors (Lipinski definition) is 6. The van der Waals surface area contributed by atoms with Crippen LogP contribution in [0.4, 0.5) is 5.82 Å². The molecule has 1 amide bonds. The van der Waals surface area contributed by atoms with Gasteiger partial charge in [-0.15, -0.1) is 4.80 Å². The highest BCUT2D eigenvalue weighted by Crippen LogP contribution is 2.71. The molecule has 6 rings (SSSR count). The molecule has 30 heavy (non-hydrogen) atoms. The first-order valence-electron chi connectivity index (χ1n) is 10.1. The lowest BCUT2D eigenvalue weighted by Gasteiger charge is -2.48. The molecule has 0 radical (unpaired) electrons. The van der Waals surface area contributed by atoms with Gasteiger partial charge in [0.2, 0.25) is 0 Å². The minimum absolute atomic E-state index is 0.00494. The highest BCUT2D eigenvalue weighted by Gasteiger charge is 2.75. The van der Waals surface area contributed by atoms with Crippen LogP contribution in [0.25, 0.3) is 5.82 Å². The van der Waals surface area contributed by atoms with Gasteiger partial charge in [-0.2, -0.15) is 10.2 Å². The third kappa shape index (κ3) is 2.61. The summed E-state index contributed by atoms with van der Waals surface area (Å²) in [6.07, 6.45) is 9.01. The van der Waals surface area contributed by atoms with Gasteiger partial charge in [0.15, 0.2) is 5.82 Å². The average Bonchev–Trinajstić information content (AvgIpc) is 3.10. The zero-order valence-corrected chi connectivity index (χ0v) is 18.0. The molecule has 3 fully saturated rings. The molecule has 3 aromatic rings. The Balaban J connectivity index is 1.30. The average molecular weight is 466 g/mol. The summed E-state index contributed by atoms with van der Waals surface area (Å²) in [5.74, 6) is 1.92. The molecule has 3 aliphatic rings. The van der Waals surface area contributed by atoms with E-state index in [-0.39, 0.29) is 23.4 Å². The number of likely N-dealkylation sites (tertiary alicyclic amines) is 1. The molecule has 4 heterocycles. The number of hydrogen-bond donors (Lipinski definition) is 1. The van der Waals surface area contributed by atoms with Crippen molar-refractivity contribution in [1.82, 2.24) is 29.9 Å². The van der Waals surface area contributed by atoms with Crippen LogP contribution in [0.1, 0.15) is 28.8 Å². The number of nitrogens with zero attached hydrogens (tertiary/aromatic N) is 6. The maximum Gasteiger partial charge on any atom is 0.258 e. The summed E-state index contributed by atoms with van der Waals surface area (Å²) in [5, 5.41) is 11.9. The van der Waals surface area contributed by atoms with Crippen LogP contribution >= 0.6 is 15.9 Å². The number of aryl methyl sites for hydroxylation is 1. The number of rotatable bonds is 4. The van der Waals surface area contributed by atoms with Crippen LogP contribution in [0.5, 0.6) is 0 Å². The molecular formula is C21H20BrN7O. The topological polar surface area (TPSA) is 88.8 Å². The Kier molecular flexibility index (Phi) is 3.80. The normalized spacial score (nSPS) is 28.5. The van der Waals surface area contributed by atoms with Crippen LogP contribution in [0, 0.1) is 18.3 Å². The smallest absolute Gasteiger partial charge is 0.258 e. The molecular weight excluding hydrogens is 446 g/mol. The summed E-state index contributed by atoms with van der Waals surface area (Å²) in [6.45, 7) is 2.75. The molecule has 9 heteroatoms. The van der Waals surface area contributed by atoms with E-state index in [0.29, 0.717) is 17.3 Å². The number of halogens is 1. The third-order valence-corrected chi connectivity index (χ3v) is 7.23. The molecule has 2 aliphatic carbocycles. The maximum absolute atomic E-state index is 13.7. The largest absolute Gasteiger partial charge is 0.365 e. The van der Waals surface area contributed by atoms with Gasteiger partial charge in [0.1, 0.15) is 5.82 Å². The molecule has 1 aliphatic heterocycles. The van der Waals surface area contributed by atoms with Gasteiger partial charge in [0, 0.05) is 29.5 Å². The Morgan fingerprint density at radius 2 is 2.03 bits per heavy atom. The second kappa shape index (κ2) is 6.34. The minimum Gasteiger partial charge on any atom is -0.365 e. The molecule has 152 valence electrons. The van der Waals surface area contributed by atoms with Crippen molar-refractivity contribution in [3.63, 3.8) is 0 Å². The van der Waals surface area contributed by atoms with Crippen molar-refractivity contribution in [1.29, 1.82) is 0 Å². The van der Waals surface area contributed by atoms with Gasteiger partial charge in [-0.05, 0) is 70.8 Å². The first-order valence-corrected chi connectivity index (χ1v) is 10.9. The predicted octanol–water partition coefficient (Wildman–Crippen LogP) is 2.84. The van der Waals surface area contributed by atoms with E-state index in [4.69, 9.17) is 0 Å². The lowest BCUT2D eigenvalue weighted by atomic mass is 9.71. The Hall–Kier alpha value is -2.81. The quantitative estimate of drug-likeness (QED) is 0.636. The highest BCUT2D eigenvalue weighted by molar-refractivity contribution is 9.10. The summed E-state index contributed by atoms with van der Waals surface area (Å²) in [4.78, 5) is 26.0. The summed E-state index contributed by atoms with van der Waals surface area (Å²) < 4.78 is 0.949. The molecule has 4 atom stereocenters. The fourth-order valence-electron chi connectivity index (χ4n) is 5.37. The zero-order valence-electron chi connectivity index (χ0n) is 16.4. The van der Waals surface area contributed by atoms with Crippen molar-refractivity contribution in [2.24, 2.45) is 11.3 Å². The van der Waals surface area contributed by atoms with Crippen LogP contribution in [0.2, 0.25) is 0 Å². The Labute approximate surface area is 181 Å². The van der Waals surface area contributed by atoms with Gasteiger partial charge < -0.3 is 10.2 Å². The van der Waals surface area contributed by atoms with Crippen LogP contribution in [0.15, 0.2) is 47.5 Å². The Morgan fingerprint density at radius 1 is 1.20 bits per heavy atom. The van der Waals surface area contributed by atoms with Crippen molar-refractivity contribution in [3.8, 4) is 5.82 Å². The van der Waals surface area contributed by atoms with Gasteiger partial charge in [-0.3, -0.25) is 4.79 Å². The number of amides is 1. The van der Waals surface area contributed by atoms with Crippen molar-refractivity contribution in [3.05, 3.63) is 58.6 Å². The van der Waals surface area contributed by atoms with Gasteiger partial charge in [-0.25, -0.2) is 9.97 Å². The molecule has 1 spiro atoms. The summed E-state index contributed by atoms with van der Waals surface area (Å²) >= 11 is 3.43. The maximum atomic E-state index is 13.7. The molecule has 4 unspecified atom stereocenters. The standard InChI is InChI=1S/C21H20BrN7O/c1-12-6-15(19(24-9-12)29-25-4-5-26-29)20(30)28-11-13-7-21(13)8-16(18(21)28)27-17-3-2-14(22)10-23-17/h2-6,9-10,13,16,18H,7-8,11H2,1H3,(H,23,27). The first kappa shape index (κ1) is 18.0. The zero-order chi connectivity index (χ0) is 20.5. The van der Waals surface area contributed by atoms with E-state index in [1.54, 1.807) is 24.8 Å². The van der Waals surface area contributed by atoms with Crippen molar-refractivity contribution in [2.45, 2.75) is 31.8 Å². The third-order valence-electron chi connectivity index (χ3n) is 6.77. The predicted molar refractivity (Wildman–Crippen MR) is 113 cm³/mol. The van der Waals surface area contributed by atoms with E-state index in [9.17, 15) is 4.79 Å². The molecule has 1 N–H and O–H groups in total. The van der Waals surface area contributed by atoms with Crippen LogP contribution in [0.3, 0.4) is 0 Å². The van der Waals surface area contributed by atoms with Crippen molar-refractivity contribution < 1.29 is 4.79 Å². The van der Waals surface area contributed by atoms with E-state index >= 15 is 0 Å². The van der Waals surface area contributed by atoms with E-state index in [2.05, 4.69) is 41.4 Å². The minimum atomic E-state index is 0.00494. The fourth-order valence-corrected chi connectivity index (χ4v) is 5.60. The number of aromatic nitrogens is 5. The fraction of sp³-hybridized carbons (Fsp3) is 0.381. The number of anilines is 1. The summed E-state index contributed by atoms with van der Waals surface area (Å²) in [5.41, 5.74) is 1.77. The summed E-state index contributed by atoms with van der Waals surface area (Å²) in [6, 6.07) is 6.22. The van der Waals surface area contributed by atoms with Crippen LogP contribution in [-0.4, -0.2) is 54.4 Å². The molecule has 0 aromatic carbocycles. The second-order valence-corrected chi connectivity index (χ2v) is 9.47. The SMILES string of the molecule is Cc1cnc(-n2nccn2)c(C(=O)N2CC3CC34CC(Nc3ccc(Br)cn3)C24)c1. The van der Waals surface area contributed by atoms with E-state index in [1.165, 1.54) is 11.2 Å². The van der Waals surface area contributed by atoms with Crippen molar-refractivity contribution >= 4 is 27.7 Å². The molecule has 3 aromatic heterocycles. The first-order chi connectivity index (χ1) is 14.5. The molecule has 8 nitrogen and oxygen atoms in total. The lowest BCUT2D eigenvalue weighted by molar-refractivity contribution is 0.0471. The summed E-state index contributed by atoms with van der Waals surface area (Å²) in [7, 11) is 0. The van der Waals surface area contributed by atoms with Crippen LogP contribution < -0.4 is 5.32 Å². The molecule has 2 saturated carbocycles. The number of carbonyl (C=O) groups excluding carboxylic acids is 1. The van der Waals surface area contributed by atoms with E-state index in [0.717, 1.165) is 28.8 Å². The molecule has 0 bridgehead atoms. The van der Waals surface area contributed by atoms with E-state index in [1.807, 2.05) is 30.0 Å². The Morgan fingerprint density at radius 3 is 2.80 bits per heavy atom. The lowest BCUT2D eigenvalue weighted by Crippen LogP contribution is -2.60. The number of nitrogens with one attached hydrogen (secondary N) is 1. The Bertz CT molecular complexity index is 1130. The highest BCUT2D eigenvalue weighted by atomic mass is 79.9. The van der Waals surface area contributed by atoms with Gasteiger partial charge in [-0.1, -0.05) is 0 Å². The monoisotopic (exact) mass is 465 g/mol. The van der Waals surface area contributed by atoms with Gasteiger partial charge in [0.05, 0.1) is 24.0 Å². The van der Waals surface area contributed by atoms with Crippen LogP contribution in [-0.2, 0) is 0 Å². The van der Waals surface area contributed by atoms with Crippen molar-refractivity contribution in [2.75, 3.05) is 11.9 Å². The molecule has 1 saturated heterocycles.